The number of allylic oxidation sites excluding steroid dienone is 1. The van der Waals surface area contributed by atoms with Crippen LogP contribution in [0.4, 0.5) is 0 Å². The summed E-state index contributed by atoms with van der Waals surface area (Å²) in [6, 6.07) is 10.7. The standard InChI is InChI=1S/C30H40N2O3/c1-20(2)18-32(19-24-14-22(4)29-28(15-24)34-12-7-13-35-29)30(33)23(5)16-31-17-25-8-6-9-26-21(3)10-11-27(25)26/h6,8-11,14-15,20-21,23,31H,7,12-13,16-19H2,1-5H3. The normalized spacial score (nSPS) is 17.3. The van der Waals surface area contributed by atoms with Gasteiger partial charge in [0.2, 0.25) is 5.91 Å². The van der Waals surface area contributed by atoms with Crippen LogP contribution in [-0.4, -0.2) is 37.1 Å². The van der Waals surface area contributed by atoms with Crippen molar-refractivity contribution in [1.29, 1.82) is 0 Å². The molecule has 35 heavy (non-hydrogen) atoms. The van der Waals surface area contributed by atoms with Crippen LogP contribution >= 0.6 is 0 Å². The smallest absolute Gasteiger partial charge is 0.226 e. The molecule has 0 aromatic heterocycles. The van der Waals surface area contributed by atoms with Crippen LogP contribution < -0.4 is 14.8 Å². The second-order valence-electron chi connectivity index (χ2n) is 10.5. The van der Waals surface area contributed by atoms with E-state index in [1.54, 1.807) is 0 Å². The van der Waals surface area contributed by atoms with Crippen LogP contribution in [0.1, 0.15) is 67.9 Å². The van der Waals surface area contributed by atoms with Gasteiger partial charge in [0.25, 0.3) is 0 Å². The molecule has 0 bridgehead atoms. The first-order chi connectivity index (χ1) is 16.8. The molecule has 1 heterocycles. The highest BCUT2D eigenvalue weighted by atomic mass is 16.5. The first-order valence-corrected chi connectivity index (χ1v) is 13.0. The highest BCUT2D eigenvalue weighted by Gasteiger charge is 2.23. The molecule has 2 aromatic rings. The van der Waals surface area contributed by atoms with Crippen LogP contribution in [0.25, 0.3) is 6.08 Å². The monoisotopic (exact) mass is 476 g/mol. The van der Waals surface area contributed by atoms with Crippen molar-refractivity contribution in [3.8, 4) is 11.5 Å². The zero-order chi connectivity index (χ0) is 24.9. The maximum atomic E-state index is 13.5. The Kier molecular flexibility index (Phi) is 8.17. The van der Waals surface area contributed by atoms with E-state index >= 15 is 0 Å². The Morgan fingerprint density at radius 3 is 2.77 bits per heavy atom. The number of carbonyl (C=O) groups is 1. The highest BCUT2D eigenvalue weighted by Crippen LogP contribution is 2.35. The fraction of sp³-hybridized carbons (Fsp3) is 0.500. The summed E-state index contributed by atoms with van der Waals surface area (Å²) in [7, 11) is 0. The van der Waals surface area contributed by atoms with Crippen LogP contribution in [0, 0.1) is 18.8 Å². The summed E-state index contributed by atoms with van der Waals surface area (Å²) in [4.78, 5) is 15.5. The van der Waals surface area contributed by atoms with Crippen molar-refractivity contribution >= 4 is 12.0 Å². The minimum absolute atomic E-state index is 0.110. The molecule has 1 aliphatic heterocycles. The second-order valence-corrected chi connectivity index (χ2v) is 10.5. The molecular weight excluding hydrogens is 436 g/mol. The molecule has 0 saturated heterocycles. The average molecular weight is 477 g/mol. The molecule has 2 aliphatic rings. The lowest BCUT2D eigenvalue weighted by atomic mass is 9.98. The number of nitrogens with one attached hydrogen (secondary N) is 1. The molecule has 0 saturated carbocycles. The second kappa shape index (κ2) is 11.3. The zero-order valence-corrected chi connectivity index (χ0v) is 21.9. The van der Waals surface area contributed by atoms with Crippen molar-refractivity contribution in [3.05, 3.63) is 64.2 Å². The van der Waals surface area contributed by atoms with Crippen molar-refractivity contribution in [2.45, 2.75) is 60.0 Å². The molecule has 1 amide bonds. The Balaban J connectivity index is 1.40. The molecule has 2 unspecified atom stereocenters. The molecule has 188 valence electrons. The zero-order valence-electron chi connectivity index (χ0n) is 21.9. The summed E-state index contributed by atoms with van der Waals surface area (Å²) in [6.07, 6.45) is 5.37. The van der Waals surface area contributed by atoms with E-state index in [0.717, 1.165) is 42.1 Å². The lowest BCUT2D eigenvalue weighted by Gasteiger charge is -2.28. The number of hydrogen-bond donors (Lipinski definition) is 1. The van der Waals surface area contributed by atoms with E-state index in [1.165, 1.54) is 16.7 Å². The van der Waals surface area contributed by atoms with Gasteiger partial charge in [-0.15, -0.1) is 0 Å². The van der Waals surface area contributed by atoms with E-state index in [2.05, 4.69) is 69.4 Å². The largest absolute Gasteiger partial charge is 0.490 e. The molecule has 4 rings (SSSR count). The van der Waals surface area contributed by atoms with Gasteiger partial charge >= 0.3 is 0 Å². The minimum atomic E-state index is -0.110. The van der Waals surface area contributed by atoms with Gasteiger partial charge < -0.3 is 19.7 Å². The van der Waals surface area contributed by atoms with Crippen LogP contribution in [0.5, 0.6) is 11.5 Å². The van der Waals surface area contributed by atoms with Gasteiger partial charge in [0.05, 0.1) is 13.2 Å². The molecule has 5 nitrogen and oxygen atoms in total. The summed E-state index contributed by atoms with van der Waals surface area (Å²) in [5, 5.41) is 3.54. The van der Waals surface area contributed by atoms with Crippen LogP contribution in [0.2, 0.25) is 0 Å². The van der Waals surface area contributed by atoms with E-state index in [0.29, 0.717) is 38.1 Å². The van der Waals surface area contributed by atoms with Gasteiger partial charge in [-0.3, -0.25) is 4.79 Å². The number of ether oxygens (including phenoxy) is 2. The van der Waals surface area contributed by atoms with Crippen molar-refractivity contribution < 1.29 is 14.3 Å². The average Bonchev–Trinajstić information content (AvgIpc) is 3.04. The van der Waals surface area contributed by atoms with Crippen molar-refractivity contribution in [2.75, 3.05) is 26.3 Å². The Hall–Kier alpha value is -2.79. The summed E-state index contributed by atoms with van der Waals surface area (Å²) >= 11 is 0. The van der Waals surface area contributed by atoms with Gasteiger partial charge in [-0.05, 0) is 52.6 Å². The van der Waals surface area contributed by atoms with E-state index in [1.807, 2.05) is 17.9 Å². The maximum absolute atomic E-state index is 13.5. The molecule has 0 fully saturated rings. The van der Waals surface area contributed by atoms with Gasteiger partial charge in [0.15, 0.2) is 11.5 Å². The van der Waals surface area contributed by atoms with Crippen molar-refractivity contribution in [3.63, 3.8) is 0 Å². The summed E-state index contributed by atoms with van der Waals surface area (Å²) in [5.41, 5.74) is 6.16. The molecule has 1 N–H and O–H groups in total. The van der Waals surface area contributed by atoms with Gasteiger partial charge in [-0.2, -0.15) is 0 Å². The maximum Gasteiger partial charge on any atom is 0.226 e. The number of nitrogens with zero attached hydrogens (tertiary/aromatic N) is 1. The van der Waals surface area contributed by atoms with Crippen LogP contribution in [-0.2, 0) is 17.9 Å². The van der Waals surface area contributed by atoms with Gasteiger partial charge in [-0.25, -0.2) is 0 Å². The van der Waals surface area contributed by atoms with E-state index in [9.17, 15) is 4.79 Å². The van der Waals surface area contributed by atoms with Gasteiger partial charge in [-0.1, -0.05) is 64.1 Å². The Labute approximate surface area is 210 Å². The third kappa shape index (κ3) is 6.07. The first-order valence-electron chi connectivity index (χ1n) is 13.0. The number of hydrogen-bond acceptors (Lipinski definition) is 4. The molecule has 1 aliphatic carbocycles. The Morgan fingerprint density at radius 1 is 1.17 bits per heavy atom. The van der Waals surface area contributed by atoms with E-state index < -0.39 is 0 Å². The molecule has 0 spiro atoms. The minimum Gasteiger partial charge on any atom is -0.490 e. The topological polar surface area (TPSA) is 50.8 Å². The molecule has 5 heteroatoms. The summed E-state index contributed by atoms with van der Waals surface area (Å²) in [5.74, 6) is 2.57. The molecule has 0 radical (unpaired) electrons. The molecule has 2 aromatic carbocycles. The molecule has 2 atom stereocenters. The number of aryl methyl sites for hydroxylation is 1. The van der Waals surface area contributed by atoms with Gasteiger partial charge in [0.1, 0.15) is 0 Å². The highest BCUT2D eigenvalue weighted by molar-refractivity contribution is 5.78. The van der Waals surface area contributed by atoms with E-state index in [4.69, 9.17) is 9.47 Å². The van der Waals surface area contributed by atoms with Crippen molar-refractivity contribution in [2.24, 2.45) is 11.8 Å². The predicted octanol–water partition coefficient (Wildman–Crippen LogP) is 5.70. The third-order valence-corrected chi connectivity index (χ3v) is 6.82. The number of rotatable bonds is 9. The number of fused-ring (bicyclic) bond motifs is 2. The van der Waals surface area contributed by atoms with Crippen molar-refractivity contribution in [1.82, 2.24) is 10.2 Å². The predicted molar refractivity (Wildman–Crippen MR) is 142 cm³/mol. The fourth-order valence-electron chi connectivity index (χ4n) is 5.06. The van der Waals surface area contributed by atoms with Gasteiger partial charge in [0, 0.05) is 38.5 Å². The summed E-state index contributed by atoms with van der Waals surface area (Å²) in [6.45, 7) is 14.7. The van der Waals surface area contributed by atoms with Crippen LogP contribution in [0.15, 0.2) is 36.4 Å². The van der Waals surface area contributed by atoms with E-state index in [-0.39, 0.29) is 11.8 Å². The lowest BCUT2D eigenvalue weighted by Crippen LogP contribution is -2.40. The fourth-order valence-corrected chi connectivity index (χ4v) is 5.06. The molecular formula is C30H40N2O3. The number of carbonyl (C=O) groups excluding carboxylic acids is 1. The number of benzene rings is 2. The third-order valence-electron chi connectivity index (χ3n) is 6.82. The first kappa shape index (κ1) is 25.3. The lowest BCUT2D eigenvalue weighted by molar-refractivity contribution is -0.136. The van der Waals surface area contributed by atoms with Crippen LogP contribution in [0.3, 0.4) is 0 Å². The summed E-state index contributed by atoms with van der Waals surface area (Å²) < 4.78 is 11.8. The number of amides is 1. The quantitative estimate of drug-likeness (QED) is 0.505. The Morgan fingerprint density at radius 2 is 1.97 bits per heavy atom. The SMILES string of the molecule is Cc1cc(CN(CC(C)C)C(=O)C(C)CNCc2cccc3c2C=CC3C)cc2c1OCCCO2. The Bertz CT molecular complexity index is 1080.